The van der Waals surface area contributed by atoms with Gasteiger partial charge in [-0.2, -0.15) is 0 Å². The molecule has 0 unspecified atom stereocenters. The maximum absolute atomic E-state index is 12.1. The van der Waals surface area contributed by atoms with Gasteiger partial charge in [-0.15, -0.1) is 0 Å². The van der Waals surface area contributed by atoms with Crippen LogP contribution < -0.4 is 9.47 Å². The zero-order chi connectivity index (χ0) is 18.7. The van der Waals surface area contributed by atoms with E-state index in [-0.39, 0.29) is 17.3 Å². The molecule has 2 aromatic rings. The number of hydrogen-bond acceptors (Lipinski definition) is 6. The summed E-state index contributed by atoms with van der Waals surface area (Å²) in [7, 11) is 1.46. The molecule has 0 amide bonds. The molecule has 0 bridgehead atoms. The number of esters is 2. The Hall–Kier alpha value is -2.93. The van der Waals surface area contributed by atoms with E-state index in [1.807, 2.05) is 30.3 Å². The molecule has 6 nitrogen and oxygen atoms in total. The van der Waals surface area contributed by atoms with Crippen molar-refractivity contribution < 1.29 is 23.8 Å². The van der Waals surface area contributed by atoms with E-state index in [4.69, 9.17) is 14.2 Å². The van der Waals surface area contributed by atoms with Crippen molar-refractivity contribution in [2.24, 2.45) is 4.99 Å². The fourth-order valence-electron chi connectivity index (χ4n) is 2.34. The second kappa shape index (κ2) is 7.53. The highest BCUT2D eigenvalue weighted by atomic mass is 79.9. The number of rotatable bonds is 4. The van der Waals surface area contributed by atoms with Gasteiger partial charge in [0.25, 0.3) is 0 Å². The van der Waals surface area contributed by atoms with Crippen LogP contribution in [0.5, 0.6) is 11.5 Å². The lowest BCUT2D eigenvalue weighted by Crippen LogP contribution is -2.05. The molecule has 3 rings (SSSR count). The van der Waals surface area contributed by atoms with Crippen LogP contribution in [0.15, 0.2) is 57.6 Å². The minimum absolute atomic E-state index is 0.165. The Morgan fingerprint density at radius 2 is 1.96 bits per heavy atom. The number of cyclic esters (lactones) is 1. The maximum Gasteiger partial charge on any atom is 0.363 e. The Morgan fingerprint density at radius 3 is 2.62 bits per heavy atom. The monoisotopic (exact) mass is 415 g/mol. The Bertz CT molecular complexity index is 934. The van der Waals surface area contributed by atoms with Crippen molar-refractivity contribution in [3.8, 4) is 11.5 Å². The molecular formula is C19H14BrNO5. The summed E-state index contributed by atoms with van der Waals surface area (Å²) in [5.41, 5.74) is 1.51. The number of methoxy groups -OCH3 is 1. The summed E-state index contributed by atoms with van der Waals surface area (Å²) < 4.78 is 16.1. The Kier molecular flexibility index (Phi) is 5.18. The van der Waals surface area contributed by atoms with E-state index in [0.29, 0.717) is 21.3 Å². The van der Waals surface area contributed by atoms with E-state index in [2.05, 4.69) is 20.9 Å². The summed E-state index contributed by atoms with van der Waals surface area (Å²) >= 11 is 3.34. The summed E-state index contributed by atoms with van der Waals surface area (Å²) in [6, 6.07) is 12.5. The van der Waals surface area contributed by atoms with E-state index in [1.165, 1.54) is 14.0 Å². The summed E-state index contributed by atoms with van der Waals surface area (Å²) in [5.74, 6) is -0.135. The van der Waals surface area contributed by atoms with Crippen molar-refractivity contribution in [1.82, 2.24) is 0 Å². The zero-order valence-electron chi connectivity index (χ0n) is 14.0. The second-order valence-corrected chi connectivity index (χ2v) is 6.18. The normalized spacial score (nSPS) is 14.8. The summed E-state index contributed by atoms with van der Waals surface area (Å²) in [6.45, 7) is 1.30. The predicted molar refractivity (Wildman–Crippen MR) is 99.1 cm³/mol. The van der Waals surface area contributed by atoms with Crippen molar-refractivity contribution in [2.45, 2.75) is 6.92 Å². The van der Waals surface area contributed by atoms with Gasteiger partial charge in [0.2, 0.25) is 5.90 Å². The molecule has 0 aromatic heterocycles. The van der Waals surface area contributed by atoms with Crippen molar-refractivity contribution in [2.75, 3.05) is 7.11 Å². The van der Waals surface area contributed by atoms with Crippen molar-refractivity contribution >= 4 is 39.8 Å². The molecule has 0 radical (unpaired) electrons. The van der Waals surface area contributed by atoms with Crippen LogP contribution in [-0.4, -0.2) is 24.9 Å². The Balaban J connectivity index is 1.97. The van der Waals surface area contributed by atoms with Crippen molar-refractivity contribution in [3.05, 3.63) is 63.8 Å². The van der Waals surface area contributed by atoms with E-state index in [1.54, 1.807) is 18.2 Å². The number of ether oxygens (including phenoxy) is 3. The van der Waals surface area contributed by atoms with Gasteiger partial charge in [0.05, 0.1) is 11.6 Å². The predicted octanol–water partition coefficient (Wildman–Crippen LogP) is 3.73. The van der Waals surface area contributed by atoms with E-state index < -0.39 is 11.9 Å². The standard InChI is InChI=1S/C19H14BrNO5/c1-11(22)25-17-14(20)8-12(10-16(17)24-2)9-15-19(23)26-18(21-15)13-6-4-3-5-7-13/h3-10H,1-2H3/b15-9+. The van der Waals surface area contributed by atoms with E-state index in [0.717, 1.165) is 0 Å². The first kappa shape index (κ1) is 17.9. The largest absolute Gasteiger partial charge is 0.493 e. The average molecular weight is 416 g/mol. The number of aliphatic imine (C=N–C) groups is 1. The van der Waals surface area contributed by atoms with E-state index >= 15 is 0 Å². The third kappa shape index (κ3) is 3.83. The van der Waals surface area contributed by atoms with Crippen molar-refractivity contribution in [1.29, 1.82) is 0 Å². The lowest BCUT2D eigenvalue weighted by Gasteiger charge is -2.11. The lowest BCUT2D eigenvalue weighted by atomic mass is 10.1. The number of benzene rings is 2. The topological polar surface area (TPSA) is 74.2 Å². The molecule has 2 aromatic carbocycles. The number of nitrogens with zero attached hydrogens (tertiary/aromatic N) is 1. The molecule has 0 aliphatic carbocycles. The number of hydrogen-bond donors (Lipinski definition) is 0. The van der Waals surface area contributed by atoms with Crippen LogP contribution in [0.3, 0.4) is 0 Å². The highest BCUT2D eigenvalue weighted by Gasteiger charge is 2.24. The van der Waals surface area contributed by atoms with Gasteiger partial charge >= 0.3 is 11.9 Å². The van der Waals surface area contributed by atoms with Crippen LogP contribution in [0.2, 0.25) is 0 Å². The molecule has 0 saturated heterocycles. The third-order valence-electron chi connectivity index (χ3n) is 3.44. The second-order valence-electron chi connectivity index (χ2n) is 5.33. The fourth-order valence-corrected chi connectivity index (χ4v) is 2.88. The molecule has 1 heterocycles. The van der Waals surface area contributed by atoms with Crippen LogP contribution in [0.25, 0.3) is 6.08 Å². The summed E-state index contributed by atoms with van der Waals surface area (Å²) in [5, 5.41) is 0. The van der Waals surface area contributed by atoms with Gasteiger partial charge in [-0.25, -0.2) is 9.79 Å². The quantitative estimate of drug-likeness (QED) is 0.432. The van der Waals surface area contributed by atoms with Gasteiger partial charge in [0.1, 0.15) is 0 Å². The first-order chi connectivity index (χ1) is 12.5. The third-order valence-corrected chi connectivity index (χ3v) is 4.03. The Labute approximate surface area is 158 Å². The van der Waals surface area contributed by atoms with Crippen LogP contribution in [0.1, 0.15) is 18.1 Å². The summed E-state index contributed by atoms with van der Waals surface area (Å²) in [6.07, 6.45) is 1.57. The first-order valence-electron chi connectivity index (χ1n) is 7.62. The molecule has 1 aliphatic heterocycles. The van der Waals surface area contributed by atoms with Crippen LogP contribution in [0, 0.1) is 0 Å². The number of halogens is 1. The average Bonchev–Trinajstić information content (AvgIpc) is 2.98. The highest BCUT2D eigenvalue weighted by Crippen LogP contribution is 2.37. The summed E-state index contributed by atoms with van der Waals surface area (Å²) in [4.78, 5) is 27.6. The van der Waals surface area contributed by atoms with Crippen molar-refractivity contribution in [3.63, 3.8) is 0 Å². The minimum Gasteiger partial charge on any atom is -0.493 e. The smallest absolute Gasteiger partial charge is 0.363 e. The van der Waals surface area contributed by atoms with Crippen LogP contribution in [0.4, 0.5) is 0 Å². The molecule has 0 spiro atoms. The van der Waals surface area contributed by atoms with Gasteiger partial charge in [0.15, 0.2) is 17.2 Å². The van der Waals surface area contributed by atoms with Gasteiger partial charge in [-0.05, 0) is 51.8 Å². The highest BCUT2D eigenvalue weighted by molar-refractivity contribution is 9.10. The van der Waals surface area contributed by atoms with Crippen LogP contribution >= 0.6 is 15.9 Å². The molecule has 0 N–H and O–H groups in total. The lowest BCUT2D eigenvalue weighted by molar-refractivity contribution is -0.132. The van der Waals surface area contributed by atoms with Gasteiger partial charge in [0, 0.05) is 12.5 Å². The minimum atomic E-state index is -0.539. The zero-order valence-corrected chi connectivity index (χ0v) is 15.6. The maximum atomic E-state index is 12.1. The number of carbonyl (C=O) groups is 2. The molecular weight excluding hydrogens is 402 g/mol. The van der Waals surface area contributed by atoms with Gasteiger partial charge in [-0.3, -0.25) is 4.79 Å². The number of carbonyl (C=O) groups excluding carboxylic acids is 2. The molecule has 132 valence electrons. The molecule has 0 atom stereocenters. The van der Waals surface area contributed by atoms with E-state index in [9.17, 15) is 9.59 Å². The molecule has 0 fully saturated rings. The Morgan fingerprint density at radius 1 is 1.23 bits per heavy atom. The molecule has 26 heavy (non-hydrogen) atoms. The van der Waals surface area contributed by atoms with Crippen LogP contribution in [-0.2, 0) is 14.3 Å². The van der Waals surface area contributed by atoms with Gasteiger partial charge < -0.3 is 14.2 Å². The van der Waals surface area contributed by atoms with Gasteiger partial charge in [-0.1, -0.05) is 18.2 Å². The SMILES string of the molecule is COc1cc(/C=C2/N=C(c3ccccc3)OC2=O)cc(Br)c1OC(C)=O. The fraction of sp³-hybridized carbons (Fsp3) is 0.105. The first-order valence-corrected chi connectivity index (χ1v) is 8.41. The molecule has 1 aliphatic rings. The molecule has 0 saturated carbocycles. The molecule has 7 heteroatoms.